The number of ether oxygens (including phenoxy) is 1. The van der Waals surface area contributed by atoms with Crippen molar-refractivity contribution in [3.8, 4) is 0 Å². The smallest absolute Gasteiger partial charge is 0.372 e. The van der Waals surface area contributed by atoms with Gasteiger partial charge in [0.05, 0.1) is 12.4 Å². The number of aliphatic imine (C=N–C) groups is 1. The van der Waals surface area contributed by atoms with Gasteiger partial charge in [-0.15, -0.1) is 0 Å². The molecule has 0 unspecified atom stereocenters. The summed E-state index contributed by atoms with van der Waals surface area (Å²) in [5.41, 5.74) is 0. The maximum absolute atomic E-state index is 11.7. The van der Waals surface area contributed by atoms with Crippen molar-refractivity contribution in [3.05, 3.63) is 0 Å². The number of amidine groups is 1. The van der Waals surface area contributed by atoms with Crippen molar-refractivity contribution < 1.29 is 17.9 Å². The molecule has 1 N–H and O–H groups in total. The van der Waals surface area contributed by atoms with E-state index >= 15 is 0 Å². The molecule has 1 aliphatic rings. The number of nitrogens with one attached hydrogen (secondary N) is 1. The quantitative estimate of drug-likeness (QED) is 0.761. The van der Waals surface area contributed by atoms with Crippen LogP contribution in [-0.4, -0.2) is 38.3 Å². The van der Waals surface area contributed by atoms with Crippen LogP contribution >= 0.6 is 0 Å². The summed E-state index contributed by atoms with van der Waals surface area (Å²) >= 11 is 0. The summed E-state index contributed by atoms with van der Waals surface area (Å²) in [6.45, 7) is 0.0698. The molecular formula is C10H17F3N2O. The van der Waals surface area contributed by atoms with E-state index in [1.807, 2.05) is 0 Å². The Bertz CT molecular complexity index is 229. The Balaban J connectivity index is 2.04. The Kier molecular flexibility index (Phi) is 5.59. The Morgan fingerprint density at radius 1 is 1.25 bits per heavy atom. The summed E-state index contributed by atoms with van der Waals surface area (Å²) in [5, 5.41) is 3.01. The number of hydrogen-bond acceptors (Lipinski definition) is 3. The molecule has 0 radical (unpaired) electrons. The minimum atomic E-state index is -4.24. The number of halogens is 3. The van der Waals surface area contributed by atoms with Crippen molar-refractivity contribution in [2.24, 2.45) is 4.99 Å². The molecule has 0 aromatic carbocycles. The first kappa shape index (κ1) is 13.3. The third-order valence-corrected chi connectivity index (χ3v) is 2.22. The lowest BCUT2D eigenvalue weighted by molar-refractivity contribution is -0.173. The topological polar surface area (TPSA) is 33.6 Å². The fraction of sp³-hybridized carbons (Fsp3) is 0.900. The van der Waals surface area contributed by atoms with Gasteiger partial charge >= 0.3 is 6.18 Å². The minimum absolute atomic E-state index is 0.0541. The van der Waals surface area contributed by atoms with Crippen LogP contribution in [0.1, 0.15) is 25.7 Å². The molecule has 6 heteroatoms. The van der Waals surface area contributed by atoms with E-state index in [1.165, 1.54) is 6.42 Å². The maximum atomic E-state index is 11.7. The predicted octanol–water partition coefficient (Wildman–Crippen LogP) is 2.13. The van der Waals surface area contributed by atoms with Crippen LogP contribution in [0.3, 0.4) is 0 Å². The highest BCUT2D eigenvalue weighted by Crippen LogP contribution is 2.14. The molecule has 94 valence electrons. The van der Waals surface area contributed by atoms with Gasteiger partial charge in [0.15, 0.2) is 0 Å². The molecule has 0 amide bonds. The van der Waals surface area contributed by atoms with Crippen LogP contribution < -0.4 is 5.32 Å². The summed E-state index contributed by atoms with van der Waals surface area (Å²) in [4.78, 5) is 4.30. The third kappa shape index (κ3) is 6.66. The summed E-state index contributed by atoms with van der Waals surface area (Å²) in [5.74, 6) is 0.896. The monoisotopic (exact) mass is 238 g/mol. The van der Waals surface area contributed by atoms with Gasteiger partial charge in [-0.25, -0.2) is 0 Å². The molecule has 0 spiro atoms. The molecule has 1 heterocycles. The average molecular weight is 238 g/mol. The second-order valence-electron chi connectivity index (χ2n) is 3.73. The summed E-state index contributed by atoms with van der Waals surface area (Å²) in [7, 11) is 0. The highest BCUT2D eigenvalue weighted by atomic mass is 19.4. The molecule has 0 aliphatic carbocycles. The average Bonchev–Trinajstić information content (AvgIpc) is 2.44. The van der Waals surface area contributed by atoms with Crippen LogP contribution in [0.4, 0.5) is 13.2 Å². The number of alkyl halides is 3. The Morgan fingerprint density at radius 3 is 2.81 bits per heavy atom. The normalized spacial score (nSPS) is 17.8. The lowest BCUT2D eigenvalue weighted by Gasteiger charge is -2.10. The van der Waals surface area contributed by atoms with Gasteiger partial charge in [0.25, 0.3) is 0 Å². The van der Waals surface area contributed by atoms with Crippen molar-refractivity contribution in [1.29, 1.82) is 0 Å². The first-order chi connectivity index (χ1) is 7.58. The summed E-state index contributed by atoms with van der Waals surface area (Å²) in [6.07, 6.45) is 0.00333. The van der Waals surface area contributed by atoms with Crippen molar-refractivity contribution >= 4 is 5.84 Å². The molecule has 1 aliphatic heterocycles. The van der Waals surface area contributed by atoms with Gasteiger partial charge in [0, 0.05) is 19.5 Å². The van der Waals surface area contributed by atoms with Crippen molar-refractivity contribution in [2.75, 3.05) is 26.3 Å². The van der Waals surface area contributed by atoms with Gasteiger partial charge < -0.3 is 10.1 Å². The first-order valence-corrected chi connectivity index (χ1v) is 5.49. The standard InChI is InChI=1S/C10H17F3N2O/c11-10(12,13)8-16-7-6-15-9-4-2-1-3-5-14-9/h1-8H2,(H,14,15). The van der Waals surface area contributed by atoms with Gasteiger partial charge in [-0.2, -0.15) is 13.2 Å². The SMILES string of the molecule is FC(F)(F)COCCNC1=NCCCCC1. The van der Waals surface area contributed by atoms with Gasteiger partial charge in [-0.3, -0.25) is 4.99 Å². The van der Waals surface area contributed by atoms with Crippen LogP contribution in [0.2, 0.25) is 0 Å². The van der Waals surface area contributed by atoms with Crippen LogP contribution in [0.25, 0.3) is 0 Å². The molecule has 0 aromatic heterocycles. The number of rotatable bonds is 4. The Labute approximate surface area is 93.1 Å². The highest BCUT2D eigenvalue weighted by molar-refractivity contribution is 5.82. The highest BCUT2D eigenvalue weighted by Gasteiger charge is 2.27. The molecule has 0 bridgehead atoms. The van der Waals surface area contributed by atoms with E-state index in [-0.39, 0.29) is 6.61 Å². The molecule has 16 heavy (non-hydrogen) atoms. The fourth-order valence-corrected chi connectivity index (χ4v) is 1.47. The van der Waals surface area contributed by atoms with Crippen molar-refractivity contribution in [3.63, 3.8) is 0 Å². The number of nitrogens with zero attached hydrogens (tertiary/aromatic N) is 1. The second-order valence-corrected chi connectivity index (χ2v) is 3.73. The van der Waals surface area contributed by atoms with Gasteiger partial charge in [-0.1, -0.05) is 6.42 Å². The molecule has 0 atom stereocenters. The zero-order valence-corrected chi connectivity index (χ0v) is 9.15. The zero-order valence-electron chi connectivity index (χ0n) is 9.15. The molecule has 1 rings (SSSR count). The van der Waals surface area contributed by atoms with E-state index in [4.69, 9.17) is 0 Å². The van der Waals surface area contributed by atoms with E-state index in [1.54, 1.807) is 0 Å². The molecule has 3 nitrogen and oxygen atoms in total. The van der Waals surface area contributed by atoms with E-state index < -0.39 is 12.8 Å². The van der Waals surface area contributed by atoms with Crippen LogP contribution in [0.5, 0.6) is 0 Å². The predicted molar refractivity (Wildman–Crippen MR) is 55.6 cm³/mol. The van der Waals surface area contributed by atoms with Gasteiger partial charge in [-0.05, 0) is 12.8 Å². The second kappa shape index (κ2) is 6.73. The van der Waals surface area contributed by atoms with Gasteiger partial charge in [0.2, 0.25) is 0 Å². The maximum Gasteiger partial charge on any atom is 0.411 e. The number of hydrogen-bond donors (Lipinski definition) is 1. The third-order valence-electron chi connectivity index (χ3n) is 2.22. The van der Waals surface area contributed by atoms with Crippen LogP contribution in [-0.2, 0) is 4.74 Å². The Hall–Kier alpha value is -0.780. The van der Waals surface area contributed by atoms with Crippen molar-refractivity contribution in [2.45, 2.75) is 31.9 Å². The minimum Gasteiger partial charge on any atom is -0.372 e. The molecule has 0 fully saturated rings. The first-order valence-electron chi connectivity index (χ1n) is 5.49. The Morgan fingerprint density at radius 2 is 2.06 bits per heavy atom. The summed E-state index contributed by atoms with van der Waals surface area (Å²) < 4.78 is 39.6. The molecule has 0 aromatic rings. The molecule has 0 saturated heterocycles. The lowest BCUT2D eigenvalue weighted by atomic mass is 10.2. The fourth-order valence-electron chi connectivity index (χ4n) is 1.47. The van der Waals surface area contributed by atoms with Gasteiger partial charge in [0.1, 0.15) is 6.61 Å². The summed E-state index contributed by atoms with van der Waals surface area (Å²) in [6, 6.07) is 0. The van der Waals surface area contributed by atoms with E-state index in [2.05, 4.69) is 15.0 Å². The van der Waals surface area contributed by atoms with E-state index in [0.717, 1.165) is 31.6 Å². The van der Waals surface area contributed by atoms with E-state index in [9.17, 15) is 13.2 Å². The zero-order chi connectivity index (χ0) is 11.9. The van der Waals surface area contributed by atoms with E-state index in [0.29, 0.717) is 6.54 Å². The van der Waals surface area contributed by atoms with Crippen LogP contribution in [0, 0.1) is 0 Å². The largest absolute Gasteiger partial charge is 0.411 e. The lowest BCUT2D eigenvalue weighted by Crippen LogP contribution is -2.28. The van der Waals surface area contributed by atoms with Crippen LogP contribution in [0.15, 0.2) is 4.99 Å². The van der Waals surface area contributed by atoms with Crippen molar-refractivity contribution in [1.82, 2.24) is 5.32 Å². The molecule has 0 saturated carbocycles. The molecular weight excluding hydrogens is 221 g/mol.